The van der Waals surface area contributed by atoms with Crippen LogP contribution in [0, 0.1) is 6.92 Å². The van der Waals surface area contributed by atoms with Crippen LogP contribution in [-0.4, -0.2) is 30.5 Å². The van der Waals surface area contributed by atoms with E-state index in [-0.39, 0.29) is 17.7 Å². The molecule has 0 bridgehead atoms. The van der Waals surface area contributed by atoms with Gasteiger partial charge in [0.1, 0.15) is 18.1 Å². The summed E-state index contributed by atoms with van der Waals surface area (Å²) in [5.74, 6) is -0.174. The van der Waals surface area contributed by atoms with Gasteiger partial charge in [0.2, 0.25) is 0 Å². The Morgan fingerprint density at radius 1 is 1.06 bits per heavy atom. The number of hydrogen-bond acceptors (Lipinski definition) is 6. The Labute approximate surface area is 199 Å². The minimum atomic E-state index is -0.743. The Bertz CT molecular complexity index is 1520. The maximum absolute atomic E-state index is 13.2. The molecule has 3 aromatic heterocycles. The molecule has 0 radical (unpaired) electrons. The van der Waals surface area contributed by atoms with E-state index in [0.29, 0.717) is 18.1 Å². The van der Waals surface area contributed by atoms with Crippen molar-refractivity contribution >= 4 is 29.1 Å². The van der Waals surface area contributed by atoms with E-state index in [0.717, 1.165) is 10.1 Å². The van der Waals surface area contributed by atoms with Gasteiger partial charge >= 0.3 is 5.69 Å². The maximum atomic E-state index is 13.2. The summed E-state index contributed by atoms with van der Waals surface area (Å²) in [6.45, 7) is 3.67. The van der Waals surface area contributed by atoms with Gasteiger partial charge in [-0.3, -0.25) is 29.8 Å². The quantitative estimate of drug-likeness (QED) is 0.304. The number of rotatable bonds is 7. The molecule has 4 aromatic rings. The Morgan fingerprint density at radius 3 is 2.51 bits per heavy atom. The third-order valence-electron chi connectivity index (χ3n) is 5.29. The Kier molecular flexibility index (Phi) is 6.76. The number of furan rings is 1. The Balaban J connectivity index is 1.56. The van der Waals surface area contributed by atoms with Crippen molar-refractivity contribution in [2.75, 3.05) is 0 Å². The number of amides is 2. The monoisotopic (exact) mass is 476 g/mol. The third kappa shape index (κ3) is 5.13. The lowest BCUT2D eigenvalue weighted by atomic mass is 10.2. The largest absolute Gasteiger partial charge is 0.462 e. The number of benzene rings is 1. The molecule has 0 aliphatic rings. The fourth-order valence-corrected chi connectivity index (χ4v) is 3.58. The molecule has 1 aromatic carbocycles. The molecule has 0 unspecified atom stereocenters. The highest BCUT2D eigenvalue weighted by Gasteiger charge is 2.19. The molecule has 0 saturated heterocycles. The number of hydrazine groups is 1. The van der Waals surface area contributed by atoms with E-state index in [9.17, 15) is 19.2 Å². The molecule has 3 heterocycles. The van der Waals surface area contributed by atoms with Crippen LogP contribution in [0.3, 0.4) is 0 Å². The van der Waals surface area contributed by atoms with Crippen molar-refractivity contribution in [1.82, 2.24) is 29.5 Å². The molecule has 0 saturated carbocycles. The molecular formula is C24H24N6O5. The summed E-state index contributed by atoms with van der Waals surface area (Å²) in [4.78, 5) is 55.1. The van der Waals surface area contributed by atoms with Crippen LogP contribution >= 0.6 is 0 Å². The lowest BCUT2D eigenvalue weighted by Gasteiger charge is -2.12. The van der Waals surface area contributed by atoms with Gasteiger partial charge in [0, 0.05) is 12.6 Å². The van der Waals surface area contributed by atoms with Crippen molar-refractivity contribution in [3.63, 3.8) is 0 Å². The summed E-state index contributed by atoms with van der Waals surface area (Å²) >= 11 is 0. The molecule has 4 rings (SSSR count). The number of nitrogens with zero attached hydrogens (tertiary/aromatic N) is 4. The number of hydrogen-bond donors (Lipinski definition) is 2. The highest BCUT2D eigenvalue weighted by molar-refractivity contribution is 5.92. The lowest BCUT2D eigenvalue weighted by Crippen LogP contribution is -2.48. The number of fused-ring (bicyclic) bond motifs is 1. The number of imidazole rings is 1. The highest BCUT2D eigenvalue weighted by Crippen LogP contribution is 2.10. The van der Waals surface area contributed by atoms with Gasteiger partial charge < -0.3 is 8.98 Å². The van der Waals surface area contributed by atoms with E-state index < -0.39 is 29.6 Å². The number of aromatic nitrogens is 4. The topological polar surface area (TPSA) is 133 Å². The van der Waals surface area contributed by atoms with Crippen molar-refractivity contribution in [3.05, 3.63) is 92.8 Å². The van der Waals surface area contributed by atoms with Crippen molar-refractivity contribution in [2.45, 2.75) is 33.5 Å². The predicted octanol–water partition coefficient (Wildman–Crippen LogP) is 1.19. The lowest BCUT2D eigenvalue weighted by molar-refractivity contribution is -0.127. The summed E-state index contributed by atoms with van der Waals surface area (Å²) in [6.07, 6.45) is 4.12. The number of carbonyl (C=O) groups is 2. The van der Waals surface area contributed by atoms with Crippen LogP contribution in [0.15, 0.2) is 68.9 Å². The van der Waals surface area contributed by atoms with Gasteiger partial charge in [-0.15, -0.1) is 0 Å². The van der Waals surface area contributed by atoms with Gasteiger partial charge in [-0.25, -0.2) is 14.3 Å². The van der Waals surface area contributed by atoms with E-state index in [1.54, 1.807) is 23.6 Å². The van der Waals surface area contributed by atoms with E-state index >= 15 is 0 Å². The standard InChI is InChI=1S/C24H24N6O5/c1-3-28-15-25-22-21(28)23(33)30(24(34)29(22)13-17-7-5-4-6-8-17)14-20(32)27-26-19(31)12-11-18-10-9-16(2)35-18/h4-12,15H,3,13-14H2,1-2H3,(H,26,31)(H,27,32)/b12-11+. The first kappa shape index (κ1) is 23.5. The number of nitrogens with one attached hydrogen (secondary N) is 2. The molecule has 2 amide bonds. The second kappa shape index (κ2) is 10.1. The summed E-state index contributed by atoms with van der Waals surface area (Å²) in [5.41, 5.74) is 4.42. The number of aryl methyl sites for hydroxylation is 2. The Hall–Kier alpha value is -4.67. The smallest absolute Gasteiger partial charge is 0.333 e. The molecule has 35 heavy (non-hydrogen) atoms. The molecule has 0 fully saturated rings. The fraction of sp³-hybridized carbons (Fsp3) is 0.208. The van der Waals surface area contributed by atoms with Gasteiger partial charge in [-0.05, 0) is 37.6 Å². The summed E-state index contributed by atoms with van der Waals surface area (Å²) in [7, 11) is 0. The van der Waals surface area contributed by atoms with E-state index in [1.807, 2.05) is 37.3 Å². The zero-order chi connectivity index (χ0) is 24.9. The van der Waals surface area contributed by atoms with Crippen LogP contribution in [0.1, 0.15) is 24.0 Å². The van der Waals surface area contributed by atoms with Crippen LogP contribution in [-0.2, 0) is 29.2 Å². The van der Waals surface area contributed by atoms with Crippen LogP contribution < -0.4 is 22.1 Å². The van der Waals surface area contributed by atoms with Gasteiger partial charge in [-0.1, -0.05) is 30.3 Å². The van der Waals surface area contributed by atoms with Crippen LogP contribution in [0.4, 0.5) is 0 Å². The molecule has 0 spiro atoms. The van der Waals surface area contributed by atoms with Crippen LogP contribution in [0.5, 0.6) is 0 Å². The first-order valence-corrected chi connectivity index (χ1v) is 10.9. The first-order chi connectivity index (χ1) is 16.9. The van der Waals surface area contributed by atoms with Crippen LogP contribution in [0.2, 0.25) is 0 Å². The fourth-order valence-electron chi connectivity index (χ4n) is 3.58. The molecule has 0 aliphatic carbocycles. The minimum Gasteiger partial charge on any atom is -0.462 e. The summed E-state index contributed by atoms with van der Waals surface area (Å²) in [5, 5.41) is 0. The molecule has 0 aliphatic heterocycles. The zero-order valence-electron chi connectivity index (χ0n) is 19.2. The minimum absolute atomic E-state index is 0.173. The molecule has 180 valence electrons. The van der Waals surface area contributed by atoms with Crippen molar-refractivity contribution in [3.8, 4) is 0 Å². The molecule has 11 nitrogen and oxygen atoms in total. The van der Waals surface area contributed by atoms with E-state index in [4.69, 9.17) is 4.42 Å². The average Bonchev–Trinajstić information content (AvgIpc) is 3.48. The number of carbonyl (C=O) groups excluding carboxylic acids is 2. The average molecular weight is 476 g/mol. The van der Waals surface area contributed by atoms with Crippen molar-refractivity contribution < 1.29 is 14.0 Å². The van der Waals surface area contributed by atoms with E-state index in [1.165, 1.54) is 23.0 Å². The third-order valence-corrected chi connectivity index (χ3v) is 5.29. The summed E-state index contributed by atoms with van der Waals surface area (Å²) < 4.78 is 9.15. The predicted molar refractivity (Wildman–Crippen MR) is 128 cm³/mol. The SMILES string of the molecule is CCn1cnc2c1c(=O)n(CC(=O)NNC(=O)/C=C/c1ccc(C)o1)c(=O)n2Cc1ccccc1. The van der Waals surface area contributed by atoms with Crippen LogP contribution in [0.25, 0.3) is 17.2 Å². The highest BCUT2D eigenvalue weighted by atomic mass is 16.3. The molecular weight excluding hydrogens is 452 g/mol. The first-order valence-electron chi connectivity index (χ1n) is 10.9. The zero-order valence-corrected chi connectivity index (χ0v) is 19.2. The van der Waals surface area contributed by atoms with Gasteiger partial charge in [0.25, 0.3) is 17.4 Å². The molecule has 11 heteroatoms. The Morgan fingerprint density at radius 2 is 1.83 bits per heavy atom. The second-order valence-electron chi connectivity index (χ2n) is 7.77. The molecule has 0 atom stereocenters. The summed E-state index contributed by atoms with van der Waals surface area (Å²) in [6, 6.07) is 12.7. The maximum Gasteiger partial charge on any atom is 0.333 e. The second-order valence-corrected chi connectivity index (χ2v) is 7.77. The van der Waals surface area contributed by atoms with Crippen molar-refractivity contribution in [2.24, 2.45) is 0 Å². The van der Waals surface area contributed by atoms with Gasteiger partial charge in [0.15, 0.2) is 11.2 Å². The van der Waals surface area contributed by atoms with E-state index in [2.05, 4.69) is 15.8 Å². The molecule has 2 N–H and O–H groups in total. The van der Waals surface area contributed by atoms with Gasteiger partial charge in [-0.2, -0.15) is 0 Å². The van der Waals surface area contributed by atoms with Gasteiger partial charge in [0.05, 0.1) is 12.9 Å². The van der Waals surface area contributed by atoms with Crippen molar-refractivity contribution in [1.29, 1.82) is 0 Å². The normalized spacial score (nSPS) is 11.3.